The molecule has 3 aromatic rings. The molecule has 0 saturated heterocycles. The van der Waals surface area contributed by atoms with Crippen LogP contribution in [0.2, 0.25) is 15.1 Å². The second-order valence-electron chi connectivity index (χ2n) is 5.58. The Hall–Kier alpha value is -1.68. The Labute approximate surface area is 154 Å². The Morgan fingerprint density at radius 1 is 1.12 bits per heavy atom. The van der Waals surface area contributed by atoms with E-state index in [9.17, 15) is 4.79 Å². The third-order valence-corrected chi connectivity index (χ3v) is 4.81. The summed E-state index contributed by atoms with van der Waals surface area (Å²) < 4.78 is 5.38. The van der Waals surface area contributed by atoms with Crippen molar-refractivity contribution in [1.82, 2.24) is 4.98 Å². The molecule has 2 aromatic carbocycles. The lowest BCUT2D eigenvalue weighted by atomic mass is 10.0. The van der Waals surface area contributed by atoms with E-state index in [1.165, 1.54) is 12.1 Å². The Balaban J connectivity index is 1.74. The van der Waals surface area contributed by atoms with Crippen molar-refractivity contribution >= 4 is 51.7 Å². The van der Waals surface area contributed by atoms with Crippen LogP contribution in [-0.2, 0) is 11.2 Å². The molecule has 1 unspecified atom stereocenters. The number of carbonyl (C=O) groups is 1. The lowest BCUT2D eigenvalue weighted by Gasteiger charge is -2.12. The third-order valence-electron chi connectivity index (χ3n) is 3.79. The van der Waals surface area contributed by atoms with Gasteiger partial charge in [0, 0.05) is 23.2 Å². The zero-order chi connectivity index (χ0) is 17.3. The van der Waals surface area contributed by atoms with Gasteiger partial charge in [-0.25, -0.2) is 0 Å². The normalized spacial score (nSPS) is 12.3. The molecule has 24 heavy (non-hydrogen) atoms. The highest BCUT2D eigenvalue weighted by molar-refractivity contribution is 6.43. The van der Waals surface area contributed by atoms with Crippen molar-refractivity contribution in [1.29, 1.82) is 0 Å². The minimum atomic E-state index is -0.374. The highest BCUT2D eigenvalue weighted by Gasteiger charge is 2.19. The molecule has 0 aliphatic rings. The van der Waals surface area contributed by atoms with Gasteiger partial charge in [0.25, 0.3) is 0 Å². The maximum atomic E-state index is 12.4. The molecule has 0 aliphatic carbocycles. The summed E-state index contributed by atoms with van der Waals surface area (Å²) in [6.07, 6.45) is 2.47. The van der Waals surface area contributed by atoms with E-state index < -0.39 is 0 Å². The van der Waals surface area contributed by atoms with Crippen LogP contribution in [0.4, 0.5) is 0 Å². The molecule has 0 spiro atoms. The second-order valence-corrected chi connectivity index (χ2v) is 6.80. The van der Waals surface area contributed by atoms with Gasteiger partial charge in [0.1, 0.15) is 0 Å². The van der Waals surface area contributed by atoms with Crippen LogP contribution in [0.3, 0.4) is 0 Å². The molecular formula is C18H14Cl3NO2. The molecule has 0 amide bonds. The number of carbonyl (C=O) groups excluding carboxylic acids is 1. The molecule has 0 radical (unpaired) electrons. The Morgan fingerprint density at radius 2 is 1.83 bits per heavy atom. The van der Waals surface area contributed by atoms with Crippen LogP contribution in [0.1, 0.15) is 12.5 Å². The first kappa shape index (κ1) is 17.2. The SMILES string of the molecule is CC(Cc1c[nH]c2ccccc12)C(=O)Oc1cc(Cl)c(Cl)cc1Cl. The Kier molecular flexibility index (Phi) is 5.04. The molecule has 124 valence electrons. The molecule has 0 bridgehead atoms. The molecule has 6 heteroatoms. The van der Waals surface area contributed by atoms with Crippen LogP contribution in [0.15, 0.2) is 42.6 Å². The first-order valence-corrected chi connectivity index (χ1v) is 8.50. The summed E-state index contributed by atoms with van der Waals surface area (Å²) in [6, 6.07) is 10.9. The van der Waals surface area contributed by atoms with Crippen molar-refractivity contribution in [2.24, 2.45) is 5.92 Å². The van der Waals surface area contributed by atoms with Crippen LogP contribution in [-0.4, -0.2) is 11.0 Å². The minimum absolute atomic E-state index is 0.210. The minimum Gasteiger partial charge on any atom is -0.425 e. The number of hydrogen-bond acceptors (Lipinski definition) is 2. The van der Waals surface area contributed by atoms with E-state index in [4.69, 9.17) is 39.5 Å². The summed E-state index contributed by atoms with van der Waals surface area (Å²) in [5.41, 5.74) is 2.11. The van der Waals surface area contributed by atoms with Crippen LogP contribution < -0.4 is 4.74 Å². The number of halogens is 3. The average Bonchev–Trinajstić information content (AvgIpc) is 2.95. The first-order chi connectivity index (χ1) is 11.5. The lowest BCUT2D eigenvalue weighted by Crippen LogP contribution is -2.20. The van der Waals surface area contributed by atoms with Crippen molar-refractivity contribution in [2.75, 3.05) is 0 Å². The molecular weight excluding hydrogens is 369 g/mol. The first-order valence-electron chi connectivity index (χ1n) is 7.37. The van der Waals surface area contributed by atoms with Gasteiger partial charge in [0.05, 0.1) is 21.0 Å². The summed E-state index contributed by atoms with van der Waals surface area (Å²) in [4.78, 5) is 15.6. The molecule has 0 fully saturated rings. The van der Waals surface area contributed by atoms with Crippen molar-refractivity contribution in [3.8, 4) is 5.75 Å². The van der Waals surface area contributed by atoms with E-state index in [1.54, 1.807) is 0 Å². The molecule has 1 aromatic heterocycles. The number of hydrogen-bond donors (Lipinski definition) is 1. The summed E-state index contributed by atoms with van der Waals surface area (Å²) in [7, 11) is 0. The van der Waals surface area contributed by atoms with Gasteiger partial charge in [0.15, 0.2) is 5.75 Å². The largest absolute Gasteiger partial charge is 0.425 e. The summed E-state index contributed by atoms with van der Waals surface area (Å²) in [6.45, 7) is 1.82. The molecule has 3 nitrogen and oxygen atoms in total. The third kappa shape index (κ3) is 3.54. The van der Waals surface area contributed by atoms with E-state index >= 15 is 0 Å². The molecule has 1 heterocycles. The van der Waals surface area contributed by atoms with Crippen LogP contribution >= 0.6 is 34.8 Å². The fraction of sp³-hybridized carbons (Fsp3) is 0.167. The number of nitrogens with one attached hydrogen (secondary N) is 1. The predicted octanol–water partition coefficient (Wildman–Crippen LogP) is 5.91. The fourth-order valence-electron chi connectivity index (χ4n) is 2.51. The van der Waals surface area contributed by atoms with Gasteiger partial charge >= 0.3 is 5.97 Å². The zero-order valence-electron chi connectivity index (χ0n) is 12.8. The van der Waals surface area contributed by atoms with E-state index in [0.29, 0.717) is 11.4 Å². The number of rotatable bonds is 4. The average molecular weight is 383 g/mol. The number of aromatic amines is 1. The van der Waals surface area contributed by atoms with Gasteiger partial charge in [-0.3, -0.25) is 4.79 Å². The van der Waals surface area contributed by atoms with E-state index in [1.807, 2.05) is 37.4 Å². The maximum Gasteiger partial charge on any atom is 0.314 e. The highest BCUT2D eigenvalue weighted by atomic mass is 35.5. The van der Waals surface area contributed by atoms with E-state index in [0.717, 1.165) is 16.5 Å². The molecule has 1 atom stereocenters. The van der Waals surface area contributed by atoms with Crippen molar-refractivity contribution in [3.05, 3.63) is 63.2 Å². The topological polar surface area (TPSA) is 42.1 Å². The fourth-order valence-corrected chi connectivity index (χ4v) is 3.08. The summed E-state index contributed by atoms with van der Waals surface area (Å²) >= 11 is 17.9. The summed E-state index contributed by atoms with van der Waals surface area (Å²) in [5.74, 6) is -0.503. The molecule has 0 aliphatic heterocycles. The Morgan fingerprint density at radius 3 is 2.62 bits per heavy atom. The number of fused-ring (bicyclic) bond motifs is 1. The smallest absolute Gasteiger partial charge is 0.314 e. The van der Waals surface area contributed by atoms with Gasteiger partial charge in [-0.15, -0.1) is 0 Å². The number of aromatic nitrogens is 1. The lowest BCUT2D eigenvalue weighted by molar-refractivity contribution is -0.138. The van der Waals surface area contributed by atoms with Gasteiger partial charge in [-0.1, -0.05) is 59.9 Å². The van der Waals surface area contributed by atoms with Gasteiger partial charge in [0.2, 0.25) is 0 Å². The van der Waals surface area contributed by atoms with Crippen LogP contribution in [0, 0.1) is 5.92 Å². The second kappa shape index (κ2) is 7.06. The van der Waals surface area contributed by atoms with Crippen LogP contribution in [0.25, 0.3) is 10.9 Å². The Bertz CT molecular complexity index is 904. The van der Waals surface area contributed by atoms with Crippen LogP contribution in [0.5, 0.6) is 5.75 Å². The maximum absolute atomic E-state index is 12.4. The van der Waals surface area contributed by atoms with E-state index in [-0.39, 0.29) is 27.7 Å². The number of H-pyrrole nitrogens is 1. The van der Waals surface area contributed by atoms with Crippen molar-refractivity contribution in [3.63, 3.8) is 0 Å². The summed E-state index contributed by atoms with van der Waals surface area (Å²) in [5, 5.41) is 1.95. The number of esters is 1. The monoisotopic (exact) mass is 381 g/mol. The van der Waals surface area contributed by atoms with Gasteiger partial charge < -0.3 is 9.72 Å². The standard InChI is InChI=1S/C18H14Cl3NO2/c1-10(6-11-9-22-16-5-3-2-4-12(11)16)18(23)24-17-8-14(20)13(19)7-15(17)21/h2-5,7-10,22H,6H2,1H3. The predicted molar refractivity (Wildman–Crippen MR) is 98.3 cm³/mol. The number of ether oxygens (including phenoxy) is 1. The molecule has 1 N–H and O–H groups in total. The zero-order valence-corrected chi connectivity index (χ0v) is 15.0. The van der Waals surface area contributed by atoms with Gasteiger partial charge in [-0.05, 0) is 24.1 Å². The van der Waals surface area contributed by atoms with Gasteiger partial charge in [-0.2, -0.15) is 0 Å². The quantitative estimate of drug-likeness (QED) is 0.346. The highest BCUT2D eigenvalue weighted by Crippen LogP contribution is 2.34. The molecule has 0 saturated carbocycles. The van der Waals surface area contributed by atoms with Crippen molar-refractivity contribution in [2.45, 2.75) is 13.3 Å². The van der Waals surface area contributed by atoms with Crippen molar-refractivity contribution < 1.29 is 9.53 Å². The number of para-hydroxylation sites is 1. The van der Waals surface area contributed by atoms with E-state index in [2.05, 4.69) is 4.98 Å². The molecule has 3 rings (SSSR count). The number of benzene rings is 2.